The first-order valence-electron chi connectivity index (χ1n) is 8.37. The van der Waals surface area contributed by atoms with Crippen LogP contribution >= 0.6 is 0 Å². The molecule has 1 amide bonds. The number of aliphatic hydroxyl groups is 1. The number of rotatable bonds is 4. The number of carbonyl (C=O) groups excluding carboxylic acids is 1. The largest absolute Gasteiger partial charge is 0.393 e. The molecule has 2 aliphatic rings. The van der Waals surface area contributed by atoms with Crippen LogP contribution in [0.15, 0.2) is 18.2 Å². The van der Waals surface area contributed by atoms with Crippen LogP contribution in [0.4, 0.5) is 14.5 Å². The zero-order valence-electron chi connectivity index (χ0n) is 13.5. The van der Waals surface area contributed by atoms with E-state index in [0.29, 0.717) is 43.7 Å². The number of amides is 1. The Labute approximate surface area is 140 Å². The molecule has 3 N–H and O–H groups in total. The van der Waals surface area contributed by atoms with Crippen molar-refractivity contribution in [1.29, 1.82) is 0 Å². The lowest BCUT2D eigenvalue weighted by Crippen LogP contribution is -2.44. The summed E-state index contributed by atoms with van der Waals surface area (Å²) in [5, 5.41) is 14.9. The van der Waals surface area contributed by atoms with E-state index in [2.05, 4.69) is 10.6 Å². The van der Waals surface area contributed by atoms with Crippen LogP contribution in [0, 0.1) is 5.82 Å². The lowest BCUT2D eigenvalue weighted by atomic mass is 10.0. The Balaban J connectivity index is 1.59. The molecular weight excluding hydrogens is 316 g/mol. The summed E-state index contributed by atoms with van der Waals surface area (Å²) < 4.78 is 28.6. The third-order valence-corrected chi connectivity index (χ3v) is 4.78. The van der Waals surface area contributed by atoms with E-state index in [1.807, 2.05) is 4.90 Å². The lowest BCUT2D eigenvalue weighted by Gasteiger charge is -2.31. The number of anilines is 1. The average Bonchev–Trinajstić information content (AvgIpc) is 3.02. The number of benzene rings is 1. The number of halogens is 2. The van der Waals surface area contributed by atoms with Crippen molar-refractivity contribution in [3.63, 3.8) is 0 Å². The fraction of sp³-hybridized carbons (Fsp3) is 0.588. The van der Waals surface area contributed by atoms with Crippen molar-refractivity contribution in [1.82, 2.24) is 10.6 Å². The van der Waals surface area contributed by atoms with Gasteiger partial charge in [0.1, 0.15) is 5.82 Å². The minimum absolute atomic E-state index is 0.0208. The smallest absolute Gasteiger partial charge is 0.259 e. The van der Waals surface area contributed by atoms with E-state index in [9.17, 15) is 18.7 Å². The second-order valence-corrected chi connectivity index (χ2v) is 6.58. The van der Waals surface area contributed by atoms with Gasteiger partial charge in [-0.05, 0) is 37.1 Å². The number of piperidine rings is 1. The van der Waals surface area contributed by atoms with Crippen molar-refractivity contribution >= 4 is 11.6 Å². The van der Waals surface area contributed by atoms with Crippen molar-refractivity contribution in [2.75, 3.05) is 31.1 Å². The van der Waals surface area contributed by atoms with E-state index < -0.39 is 11.6 Å². The molecule has 0 aromatic heterocycles. The molecule has 2 fully saturated rings. The lowest BCUT2D eigenvalue weighted by molar-refractivity contribution is -0.131. The van der Waals surface area contributed by atoms with E-state index in [-0.39, 0.29) is 31.4 Å². The molecule has 0 bridgehead atoms. The van der Waals surface area contributed by atoms with Gasteiger partial charge in [0.15, 0.2) is 0 Å². The van der Waals surface area contributed by atoms with Gasteiger partial charge in [0.2, 0.25) is 5.67 Å². The molecule has 7 heteroatoms. The van der Waals surface area contributed by atoms with Crippen LogP contribution in [0.3, 0.4) is 0 Å². The Kier molecular flexibility index (Phi) is 5.01. The number of hydrogen-bond acceptors (Lipinski definition) is 4. The van der Waals surface area contributed by atoms with Gasteiger partial charge >= 0.3 is 0 Å². The Hall–Kier alpha value is -1.73. The highest BCUT2D eigenvalue weighted by atomic mass is 19.1. The minimum Gasteiger partial charge on any atom is -0.393 e. The highest BCUT2D eigenvalue weighted by molar-refractivity contribution is 5.85. The molecule has 3 rings (SSSR count). The van der Waals surface area contributed by atoms with Crippen molar-refractivity contribution in [2.45, 2.75) is 37.6 Å². The molecule has 0 spiro atoms. The predicted octanol–water partition coefficient (Wildman–Crippen LogP) is 1.10. The molecule has 0 saturated carbocycles. The van der Waals surface area contributed by atoms with E-state index >= 15 is 0 Å². The Morgan fingerprint density at radius 3 is 2.79 bits per heavy atom. The van der Waals surface area contributed by atoms with Crippen LogP contribution in [-0.2, 0) is 11.3 Å². The summed E-state index contributed by atoms with van der Waals surface area (Å²) in [4.78, 5) is 13.8. The van der Waals surface area contributed by atoms with Crippen LogP contribution < -0.4 is 15.5 Å². The van der Waals surface area contributed by atoms with E-state index in [1.54, 1.807) is 12.1 Å². The highest BCUT2D eigenvalue weighted by Gasteiger charge is 2.41. The maximum Gasteiger partial charge on any atom is 0.259 e. The second-order valence-electron chi connectivity index (χ2n) is 6.58. The number of nitrogens with zero attached hydrogens (tertiary/aromatic N) is 1. The third-order valence-electron chi connectivity index (χ3n) is 4.78. The first-order valence-corrected chi connectivity index (χ1v) is 8.37. The zero-order valence-corrected chi connectivity index (χ0v) is 13.5. The Bertz CT molecular complexity index is 597. The van der Waals surface area contributed by atoms with E-state index in [4.69, 9.17) is 0 Å². The van der Waals surface area contributed by atoms with Crippen molar-refractivity contribution in [2.24, 2.45) is 0 Å². The molecule has 0 radical (unpaired) electrons. The maximum atomic E-state index is 14.3. The summed E-state index contributed by atoms with van der Waals surface area (Å²) in [6, 6.07) is 4.79. The molecule has 1 atom stereocenters. The van der Waals surface area contributed by atoms with Crippen LogP contribution in [0.5, 0.6) is 0 Å². The average molecular weight is 339 g/mol. The van der Waals surface area contributed by atoms with Gasteiger partial charge in [-0.1, -0.05) is 6.07 Å². The quantitative estimate of drug-likeness (QED) is 0.769. The molecule has 24 heavy (non-hydrogen) atoms. The van der Waals surface area contributed by atoms with Gasteiger partial charge in [0.25, 0.3) is 5.91 Å². The molecule has 132 valence electrons. The molecule has 1 unspecified atom stereocenters. The topological polar surface area (TPSA) is 64.6 Å². The maximum absolute atomic E-state index is 14.3. The minimum atomic E-state index is -1.87. The number of alkyl halides is 1. The fourth-order valence-corrected chi connectivity index (χ4v) is 3.22. The summed E-state index contributed by atoms with van der Waals surface area (Å²) in [5.74, 6) is -1.02. The Morgan fingerprint density at radius 2 is 2.17 bits per heavy atom. The van der Waals surface area contributed by atoms with Gasteiger partial charge in [-0.15, -0.1) is 0 Å². The highest BCUT2D eigenvalue weighted by Crippen LogP contribution is 2.25. The van der Waals surface area contributed by atoms with Crippen molar-refractivity contribution in [3.05, 3.63) is 29.6 Å². The molecular formula is C17H23F2N3O2. The van der Waals surface area contributed by atoms with Gasteiger partial charge in [-0.3, -0.25) is 4.79 Å². The molecule has 2 heterocycles. The zero-order chi connectivity index (χ0) is 17.2. The number of carbonyl (C=O) groups is 1. The van der Waals surface area contributed by atoms with Crippen LogP contribution in [0.25, 0.3) is 0 Å². The number of hydrogen-bond donors (Lipinski definition) is 3. The Morgan fingerprint density at radius 1 is 1.42 bits per heavy atom. The van der Waals surface area contributed by atoms with E-state index in [1.165, 1.54) is 6.07 Å². The fourth-order valence-electron chi connectivity index (χ4n) is 3.22. The van der Waals surface area contributed by atoms with Crippen molar-refractivity contribution in [3.8, 4) is 0 Å². The van der Waals surface area contributed by atoms with Gasteiger partial charge in [0.05, 0.1) is 11.8 Å². The first kappa shape index (κ1) is 17.1. The summed E-state index contributed by atoms with van der Waals surface area (Å²) in [5.41, 5.74) is -0.775. The van der Waals surface area contributed by atoms with Gasteiger partial charge in [-0.25, -0.2) is 8.78 Å². The summed E-state index contributed by atoms with van der Waals surface area (Å²) in [6.07, 6.45) is 1.11. The number of aliphatic hydroxyl groups excluding tert-OH is 1. The molecule has 0 aliphatic carbocycles. The third kappa shape index (κ3) is 3.67. The molecule has 1 aromatic rings. The van der Waals surface area contributed by atoms with Crippen LogP contribution in [0.2, 0.25) is 0 Å². The predicted molar refractivity (Wildman–Crippen MR) is 87.0 cm³/mol. The SMILES string of the molecule is O=C(NCc1ccc(N2CCC(O)CC2)c(F)c1)C1(F)CCNC1. The molecule has 2 aliphatic heterocycles. The number of nitrogens with one attached hydrogen (secondary N) is 2. The van der Waals surface area contributed by atoms with Gasteiger partial charge in [0, 0.05) is 32.6 Å². The molecule has 2 saturated heterocycles. The molecule has 1 aromatic carbocycles. The molecule has 5 nitrogen and oxygen atoms in total. The normalized spacial score (nSPS) is 25.0. The van der Waals surface area contributed by atoms with Crippen LogP contribution in [0.1, 0.15) is 24.8 Å². The standard InChI is InChI=1S/C17H23F2N3O2/c18-14-9-12(10-21-16(24)17(19)5-6-20-11-17)1-2-15(14)22-7-3-13(23)4-8-22/h1-2,9,13,20,23H,3-8,10-11H2,(H,21,24). The van der Waals surface area contributed by atoms with Gasteiger partial charge < -0.3 is 20.6 Å². The van der Waals surface area contributed by atoms with E-state index in [0.717, 1.165) is 0 Å². The second kappa shape index (κ2) is 7.03. The van der Waals surface area contributed by atoms with Crippen molar-refractivity contribution < 1.29 is 18.7 Å². The first-order chi connectivity index (χ1) is 11.5. The summed E-state index contributed by atoms with van der Waals surface area (Å²) in [6.45, 7) is 1.84. The van der Waals surface area contributed by atoms with Crippen LogP contribution in [-0.4, -0.2) is 49.0 Å². The summed E-state index contributed by atoms with van der Waals surface area (Å²) >= 11 is 0. The summed E-state index contributed by atoms with van der Waals surface area (Å²) in [7, 11) is 0. The van der Waals surface area contributed by atoms with Gasteiger partial charge in [-0.2, -0.15) is 0 Å². The monoisotopic (exact) mass is 339 g/mol.